The summed E-state index contributed by atoms with van der Waals surface area (Å²) in [5.74, 6) is 0.233. The zero-order valence-electron chi connectivity index (χ0n) is 12.9. The van der Waals surface area contributed by atoms with Gasteiger partial charge in [-0.05, 0) is 23.1 Å². The fraction of sp³-hybridized carbons (Fsp3) is 0.667. The number of ether oxygens (including phenoxy) is 1. The van der Waals surface area contributed by atoms with Gasteiger partial charge >= 0.3 is 6.18 Å². The summed E-state index contributed by atoms with van der Waals surface area (Å²) in [5, 5.41) is 9.19. The molecule has 1 aromatic rings. The minimum atomic E-state index is -4.53. The number of pyridine rings is 1. The van der Waals surface area contributed by atoms with Crippen LogP contribution in [0, 0.1) is 5.41 Å². The van der Waals surface area contributed by atoms with Gasteiger partial charge in [0.1, 0.15) is 11.5 Å². The molecule has 0 radical (unpaired) electrons. The van der Waals surface area contributed by atoms with E-state index in [0.29, 0.717) is 19.7 Å². The highest BCUT2D eigenvalue weighted by atomic mass is 19.4. The Bertz CT molecular complexity index is 526. The summed E-state index contributed by atoms with van der Waals surface area (Å²) in [6.07, 6.45) is -4.62. The van der Waals surface area contributed by atoms with E-state index in [0.717, 1.165) is 6.07 Å². The van der Waals surface area contributed by atoms with Crippen LogP contribution in [0.1, 0.15) is 32.0 Å². The largest absolute Gasteiger partial charge is 0.433 e. The Morgan fingerprint density at radius 2 is 2.00 bits per heavy atom. The first-order valence-corrected chi connectivity index (χ1v) is 7.17. The van der Waals surface area contributed by atoms with Crippen molar-refractivity contribution in [3.05, 3.63) is 23.4 Å². The van der Waals surface area contributed by atoms with Gasteiger partial charge in [0.25, 0.3) is 0 Å². The van der Waals surface area contributed by atoms with Crippen LogP contribution in [0.25, 0.3) is 0 Å². The third-order valence-electron chi connectivity index (χ3n) is 3.70. The monoisotopic (exact) mass is 318 g/mol. The molecule has 1 atom stereocenters. The van der Waals surface area contributed by atoms with Crippen molar-refractivity contribution < 1.29 is 23.0 Å². The molecule has 1 aliphatic heterocycles. The van der Waals surface area contributed by atoms with E-state index in [2.05, 4.69) is 4.98 Å². The molecule has 2 heterocycles. The van der Waals surface area contributed by atoms with Gasteiger partial charge in [-0.15, -0.1) is 0 Å². The maximum absolute atomic E-state index is 12.9. The lowest BCUT2D eigenvalue weighted by molar-refractivity contribution is -0.141. The topological polar surface area (TPSA) is 45.6 Å². The number of aromatic nitrogens is 1. The third-order valence-corrected chi connectivity index (χ3v) is 3.70. The maximum Gasteiger partial charge on any atom is 0.433 e. The van der Waals surface area contributed by atoms with Gasteiger partial charge in [-0.2, -0.15) is 13.2 Å². The molecule has 4 nitrogen and oxygen atoms in total. The highest BCUT2D eigenvalue weighted by Gasteiger charge is 2.35. The number of hydrogen-bond acceptors (Lipinski definition) is 4. The molecule has 0 spiro atoms. The highest BCUT2D eigenvalue weighted by molar-refractivity contribution is 5.44. The minimum Gasteiger partial charge on any atom is -0.392 e. The van der Waals surface area contributed by atoms with Crippen molar-refractivity contribution >= 4 is 5.82 Å². The lowest BCUT2D eigenvalue weighted by Crippen LogP contribution is -2.48. The SMILES string of the molecule is CC(C)(C)C1CN(c2cc(CO)cc(C(F)(F)F)n2)CCO1. The van der Waals surface area contributed by atoms with E-state index in [9.17, 15) is 18.3 Å². The Labute approximate surface area is 127 Å². The van der Waals surface area contributed by atoms with E-state index in [-0.39, 0.29) is 22.9 Å². The van der Waals surface area contributed by atoms with E-state index in [1.165, 1.54) is 6.07 Å². The third kappa shape index (κ3) is 3.89. The van der Waals surface area contributed by atoms with Gasteiger partial charge in [-0.1, -0.05) is 20.8 Å². The van der Waals surface area contributed by atoms with Crippen LogP contribution < -0.4 is 4.90 Å². The van der Waals surface area contributed by atoms with Crippen LogP contribution in [0.5, 0.6) is 0 Å². The van der Waals surface area contributed by atoms with Crippen molar-refractivity contribution in [2.45, 2.75) is 39.7 Å². The zero-order chi connectivity index (χ0) is 16.5. The predicted octanol–water partition coefficient (Wildman–Crippen LogP) is 2.84. The van der Waals surface area contributed by atoms with Crippen LogP contribution in [0.4, 0.5) is 19.0 Å². The number of aliphatic hydroxyl groups excluding tert-OH is 1. The minimum absolute atomic E-state index is 0.0878. The second-order valence-electron chi connectivity index (χ2n) is 6.55. The van der Waals surface area contributed by atoms with E-state index in [4.69, 9.17) is 4.74 Å². The first kappa shape index (κ1) is 17.0. The molecule has 0 aromatic carbocycles. The summed E-state index contributed by atoms with van der Waals surface area (Å²) in [7, 11) is 0. The van der Waals surface area contributed by atoms with Crippen LogP contribution in [0.15, 0.2) is 12.1 Å². The molecule has 2 rings (SSSR count). The lowest BCUT2D eigenvalue weighted by Gasteiger charge is -2.40. The quantitative estimate of drug-likeness (QED) is 0.911. The normalized spacial score (nSPS) is 20.3. The van der Waals surface area contributed by atoms with Gasteiger partial charge in [0.2, 0.25) is 0 Å². The fourth-order valence-electron chi connectivity index (χ4n) is 2.35. The van der Waals surface area contributed by atoms with Gasteiger partial charge in [0, 0.05) is 13.1 Å². The molecular weight excluding hydrogens is 297 g/mol. The summed E-state index contributed by atoms with van der Waals surface area (Å²) >= 11 is 0. The standard InChI is InChI=1S/C15H21F3N2O2/c1-14(2,3)12-8-20(4-5-22-12)13-7-10(9-21)6-11(19-13)15(16,17)18/h6-7,12,21H,4-5,8-9H2,1-3H3. The maximum atomic E-state index is 12.9. The molecule has 22 heavy (non-hydrogen) atoms. The summed E-state index contributed by atoms with van der Waals surface area (Å²) in [5.41, 5.74) is -0.885. The Morgan fingerprint density at radius 3 is 2.55 bits per heavy atom. The van der Waals surface area contributed by atoms with E-state index >= 15 is 0 Å². The molecule has 1 aromatic heterocycles. The Balaban J connectivity index is 2.31. The van der Waals surface area contributed by atoms with Crippen LogP contribution >= 0.6 is 0 Å². The van der Waals surface area contributed by atoms with Crippen molar-refractivity contribution in [2.75, 3.05) is 24.6 Å². The zero-order valence-corrected chi connectivity index (χ0v) is 12.9. The number of rotatable bonds is 2. The molecular formula is C15H21F3N2O2. The molecule has 0 amide bonds. The van der Waals surface area contributed by atoms with Gasteiger partial charge in [-0.25, -0.2) is 4.98 Å². The number of alkyl halides is 3. The van der Waals surface area contributed by atoms with Crippen LogP contribution in [0.3, 0.4) is 0 Å². The number of nitrogens with zero attached hydrogens (tertiary/aromatic N) is 2. The van der Waals surface area contributed by atoms with Crippen molar-refractivity contribution in [3.63, 3.8) is 0 Å². The van der Waals surface area contributed by atoms with Crippen molar-refractivity contribution in [1.29, 1.82) is 0 Å². The Kier molecular flexibility index (Phi) is 4.67. The molecule has 1 saturated heterocycles. The van der Waals surface area contributed by atoms with Gasteiger partial charge < -0.3 is 14.7 Å². The first-order valence-electron chi connectivity index (χ1n) is 7.17. The number of aliphatic hydroxyl groups is 1. The van der Waals surface area contributed by atoms with Gasteiger partial charge in [0.15, 0.2) is 0 Å². The van der Waals surface area contributed by atoms with Gasteiger partial charge in [0.05, 0.1) is 19.3 Å². The van der Waals surface area contributed by atoms with Crippen molar-refractivity contribution in [1.82, 2.24) is 4.98 Å². The Morgan fingerprint density at radius 1 is 1.32 bits per heavy atom. The second kappa shape index (κ2) is 6.04. The Hall–Kier alpha value is -1.34. The number of hydrogen-bond donors (Lipinski definition) is 1. The van der Waals surface area contributed by atoms with Crippen molar-refractivity contribution in [2.24, 2.45) is 5.41 Å². The van der Waals surface area contributed by atoms with E-state index < -0.39 is 18.5 Å². The summed E-state index contributed by atoms with van der Waals surface area (Å²) in [6.45, 7) is 7.02. The number of halogens is 3. The molecule has 124 valence electrons. The summed E-state index contributed by atoms with van der Waals surface area (Å²) in [6, 6.07) is 2.38. The predicted molar refractivity (Wildman–Crippen MR) is 76.6 cm³/mol. The lowest BCUT2D eigenvalue weighted by atomic mass is 9.88. The van der Waals surface area contributed by atoms with Crippen molar-refractivity contribution in [3.8, 4) is 0 Å². The second-order valence-corrected chi connectivity index (χ2v) is 6.55. The molecule has 1 fully saturated rings. The summed E-state index contributed by atoms with van der Waals surface area (Å²) < 4.78 is 44.5. The first-order chi connectivity index (χ1) is 10.1. The smallest absolute Gasteiger partial charge is 0.392 e. The molecule has 1 unspecified atom stereocenters. The van der Waals surface area contributed by atoms with Gasteiger partial charge in [-0.3, -0.25) is 0 Å². The average Bonchev–Trinajstić information content (AvgIpc) is 2.45. The molecule has 1 N–H and O–H groups in total. The van der Waals surface area contributed by atoms with Crippen LogP contribution in [0.2, 0.25) is 0 Å². The fourth-order valence-corrected chi connectivity index (χ4v) is 2.35. The summed E-state index contributed by atoms with van der Waals surface area (Å²) in [4.78, 5) is 5.51. The molecule has 7 heteroatoms. The number of morpholine rings is 1. The number of anilines is 1. The van der Waals surface area contributed by atoms with Crippen LogP contribution in [-0.4, -0.2) is 35.9 Å². The van der Waals surface area contributed by atoms with E-state index in [1.54, 1.807) is 4.90 Å². The van der Waals surface area contributed by atoms with Crippen LogP contribution in [-0.2, 0) is 17.5 Å². The molecule has 0 aliphatic carbocycles. The average molecular weight is 318 g/mol. The molecule has 0 bridgehead atoms. The molecule has 0 saturated carbocycles. The highest BCUT2D eigenvalue weighted by Crippen LogP contribution is 2.32. The molecule has 1 aliphatic rings. The van der Waals surface area contributed by atoms with E-state index in [1.807, 2.05) is 20.8 Å².